The van der Waals surface area contributed by atoms with Crippen LogP contribution in [0.1, 0.15) is 0 Å². The third-order valence-electron chi connectivity index (χ3n) is 4.23. The van der Waals surface area contributed by atoms with E-state index in [4.69, 9.17) is 14.2 Å². The van der Waals surface area contributed by atoms with Gasteiger partial charge in [-0.3, -0.25) is 9.36 Å². The fourth-order valence-corrected chi connectivity index (χ4v) is 2.85. The van der Waals surface area contributed by atoms with E-state index in [1.807, 2.05) is 6.07 Å². The van der Waals surface area contributed by atoms with Gasteiger partial charge in [0.2, 0.25) is 0 Å². The van der Waals surface area contributed by atoms with Gasteiger partial charge in [0.05, 0.1) is 26.3 Å². The Morgan fingerprint density at radius 3 is 2.59 bits per heavy atom. The molecule has 3 rings (SSSR count). The van der Waals surface area contributed by atoms with E-state index in [0.29, 0.717) is 47.2 Å². The molecule has 0 saturated carbocycles. The van der Waals surface area contributed by atoms with Gasteiger partial charge in [0.15, 0.2) is 11.5 Å². The molecule has 0 saturated heterocycles. The topological polar surface area (TPSA) is 87.5 Å². The Balaban J connectivity index is 2.14. The lowest BCUT2D eigenvalue weighted by atomic mass is 10.1. The second kappa shape index (κ2) is 8.05. The maximum absolute atomic E-state index is 13.0. The van der Waals surface area contributed by atoms with Gasteiger partial charge in [-0.15, -0.1) is 0 Å². The van der Waals surface area contributed by atoms with Gasteiger partial charge in [0.25, 0.3) is 5.56 Å². The first kappa shape index (κ1) is 18.7. The maximum Gasteiger partial charge on any atom is 0.265 e. The second-order valence-corrected chi connectivity index (χ2v) is 5.84. The molecule has 0 fully saturated rings. The van der Waals surface area contributed by atoms with Crippen molar-refractivity contribution in [2.75, 3.05) is 39.8 Å². The normalized spacial score (nSPS) is 10.8. The van der Waals surface area contributed by atoms with Crippen molar-refractivity contribution < 1.29 is 14.2 Å². The van der Waals surface area contributed by atoms with Crippen molar-refractivity contribution in [2.24, 2.45) is 7.05 Å². The summed E-state index contributed by atoms with van der Waals surface area (Å²) in [5.74, 6) is 2.21. The summed E-state index contributed by atoms with van der Waals surface area (Å²) in [6, 6.07) is 7.15. The molecule has 8 heteroatoms. The lowest BCUT2D eigenvalue weighted by Crippen LogP contribution is -2.22. The fraction of sp³-hybridized carbons (Fsp3) is 0.316. The first-order chi connectivity index (χ1) is 13.1. The number of hydrogen-bond acceptors (Lipinski definition) is 7. The quantitative estimate of drug-likeness (QED) is 0.637. The van der Waals surface area contributed by atoms with Crippen LogP contribution in [0, 0.1) is 0 Å². The Bertz CT molecular complexity index is 1020. The third kappa shape index (κ3) is 3.56. The van der Waals surface area contributed by atoms with Crippen LogP contribution in [0.25, 0.3) is 22.3 Å². The molecule has 0 aliphatic heterocycles. The summed E-state index contributed by atoms with van der Waals surface area (Å²) in [4.78, 5) is 22.0. The van der Waals surface area contributed by atoms with E-state index in [9.17, 15) is 4.79 Å². The molecule has 1 aromatic carbocycles. The molecule has 8 nitrogen and oxygen atoms in total. The largest absolute Gasteiger partial charge is 0.493 e. The van der Waals surface area contributed by atoms with E-state index < -0.39 is 0 Å². The molecular formula is C19H22N4O4. The minimum atomic E-state index is -0.183. The number of methoxy groups -OCH3 is 3. The Morgan fingerprint density at radius 1 is 1.11 bits per heavy atom. The number of fused-ring (bicyclic) bond motifs is 1. The van der Waals surface area contributed by atoms with Gasteiger partial charge >= 0.3 is 0 Å². The molecule has 0 amide bonds. The molecule has 0 spiro atoms. The highest BCUT2D eigenvalue weighted by atomic mass is 16.5. The van der Waals surface area contributed by atoms with Crippen LogP contribution in [-0.2, 0) is 11.8 Å². The van der Waals surface area contributed by atoms with Gasteiger partial charge in [0, 0.05) is 32.5 Å². The molecule has 1 N–H and O–H groups in total. The van der Waals surface area contributed by atoms with Gasteiger partial charge in [-0.2, -0.15) is 0 Å². The predicted octanol–water partition coefficient (Wildman–Crippen LogP) is 2.07. The van der Waals surface area contributed by atoms with Gasteiger partial charge in [-0.25, -0.2) is 9.97 Å². The van der Waals surface area contributed by atoms with E-state index >= 15 is 0 Å². The van der Waals surface area contributed by atoms with Crippen molar-refractivity contribution in [1.29, 1.82) is 0 Å². The molecule has 0 radical (unpaired) electrons. The molecule has 0 aliphatic rings. The zero-order valence-electron chi connectivity index (χ0n) is 15.8. The maximum atomic E-state index is 13.0. The van der Waals surface area contributed by atoms with Crippen molar-refractivity contribution in [1.82, 2.24) is 14.5 Å². The standard InChI is InChI=1S/C19H22N4O4/c1-23-18(12-5-6-14(26-3)15(11-12)27-4)22-13-7-8-20-17(16(13)19(23)24)21-9-10-25-2/h5-8,11H,9-10H2,1-4H3,(H,20,21). The summed E-state index contributed by atoms with van der Waals surface area (Å²) in [5, 5.41) is 3.57. The summed E-state index contributed by atoms with van der Waals surface area (Å²) in [6.07, 6.45) is 1.63. The van der Waals surface area contributed by atoms with Crippen LogP contribution in [-0.4, -0.2) is 49.0 Å². The van der Waals surface area contributed by atoms with Crippen LogP contribution in [0.3, 0.4) is 0 Å². The van der Waals surface area contributed by atoms with Crippen LogP contribution >= 0.6 is 0 Å². The number of benzene rings is 1. The van der Waals surface area contributed by atoms with Crippen LogP contribution in [0.15, 0.2) is 35.3 Å². The van der Waals surface area contributed by atoms with E-state index in [2.05, 4.69) is 15.3 Å². The van der Waals surface area contributed by atoms with E-state index in [1.54, 1.807) is 52.8 Å². The molecular weight excluding hydrogens is 348 g/mol. The molecule has 0 aliphatic carbocycles. The zero-order valence-corrected chi connectivity index (χ0v) is 15.8. The summed E-state index contributed by atoms with van der Waals surface area (Å²) in [6.45, 7) is 1.05. The summed E-state index contributed by atoms with van der Waals surface area (Å²) in [5.41, 5.74) is 1.13. The molecule has 27 heavy (non-hydrogen) atoms. The average molecular weight is 370 g/mol. The highest BCUT2D eigenvalue weighted by molar-refractivity contribution is 5.89. The number of nitrogens with one attached hydrogen (secondary N) is 1. The van der Waals surface area contributed by atoms with Gasteiger partial charge in [0.1, 0.15) is 17.0 Å². The molecule has 142 valence electrons. The van der Waals surface area contributed by atoms with Gasteiger partial charge in [-0.1, -0.05) is 0 Å². The lowest BCUT2D eigenvalue weighted by molar-refractivity contribution is 0.210. The SMILES string of the molecule is COCCNc1nccc2nc(-c3ccc(OC)c(OC)c3)n(C)c(=O)c12. The van der Waals surface area contributed by atoms with Crippen molar-refractivity contribution >= 4 is 16.7 Å². The number of pyridine rings is 1. The molecule has 0 atom stereocenters. The van der Waals surface area contributed by atoms with Crippen molar-refractivity contribution in [3.8, 4) is 22.9 Å². The van der Waals surface area contributed by atoms with Crippen LogP contribution < -0.4 is 20.3 Å². The van der Waals surface area contributed by atoms with E-state index in [0.717, 1.165) is 5.56 Å². The third-order valence-corrected chi connectivity index (χ3v) is 4.23. The molecule has 2 heterocycles. The summed E-state index contributed by atoms with van der Waals surface area (Å²) >= 11 is 0. The smallest absolute Gasteiger partial charge is 0.265 e. The predicted molar refractivity (Wildman–Crippen MR) is 104 cm³/mol. The lowest BCUT2D eigenvalue weighted by Gasteiger charge is -2.14. The molecule has 0 unspecified atom stereocenters. The monoisotopic (exact) mass is 370 g/mol. The van der Waals surface area contributed by atoms with Crippen molar-refractivity contribution in [3.05, 3.63) is 40.8 Å². The Labute approximate surface area is 156 Å². The Morgan fingerprint density at radius 2 is 1.89 bits per heavy atom. The fourth-order valence-electron chi connectivity index (χ4n) is 2.85. The zero-order chi connectivity index (χ0) is 19.4. The number of hydrogen-bond donors (Lipinski definition) is 1. The second-order valence-electron chi connectivity index (χ2n) is 5.84. The molecule has 0 bridgehead atoms. The first-order valence-corrected chi connectivity index (χ1v) is 8.41. The number of ether oxygens (including phenoxy) is 3. The van der Waals surface area contributed by atoms with Gasteiger partial charge in [-0.05, 0) is 24.3 Å². The van der Waals surface area contributed by atoms with Gasteiger partial charge < -0.3 is 19.5 Å². The average Bonchev–Trinajstić information content (AvgIpc) is 2.70. The number of rotatable bonds is 7. The van der Waals surface area contributed by atoms with Crippen LogP contribution in [0.4, 0.5) is 5.82 Å². The summed E-state index contributed by atoms with van der Waals surface area (Å²) < 4.78 is 17.2. The van der Waals surface area contributed by atoms with E-state index in [-0.39, 0.29) is 5.56 Å². The van der Waals surface area contributed by atoms with Crippen LogP contribution in [0.2, 0.25) is 0 Å². The molecule has 3 aromatic rings. The van der Waals surface area contributed by atoms with E-state index in [1.165, 1.54) is 4.57 Å². The van der Waals surface area contributed by atoms with Crippen LogP contribution in [0.5, 0.6) is 11.5 Å². The van der Waals surface area contributed by atoms with Crippen molar-refractivity contribution in [2.45, 2.75) is 0 Å². The summed E-state index contributed by atoms with van der Waals surface area (Å²) in [7, 11) is 6.45. The Kier molecular flexibility index (Phi) is 5.56. The van der Waals surface area contributed by atoms with Crippen molar-refractivity contribution in [3.63, 3.8) is 0 Å². The minimum absolute atomic E-state index is 0.183. The number of aromatic nitrogens is 3. The molecule has 2 aromatic heterocycles. The minimum Gasteiger partial charge on any atom is -0.493 e. The number of nitrogens with zero attached hydrogens (tertiary/aromatic N) is 3. The highest BCUT2D eigenvalue weighted by Gasteiger charge is 2.15. The number of anilines is 1. The highest BCUT2D eigenvalue weighted by Crippen LogP contribution is 2.31. The Hall–Kier alpha value is -3.13. The first-order valence-electron chi connectivity index (χ1n) is 8.41.